The summed E-state index contributed by atoms with van der Waals surface area (Å²) in [4.78, 5) is 10.9. The highest BCUT2D eigenvalue weighted by Gasteiger charge is 2.28. The smallest absolute Gasteiger partial charge is 0.327 e. The summed E-state index contributed by atoms with van der Waals surface area (Å²) >= 11 is 0. The number of hydrazine groups is 1. The van der Waals surface area contributed by atoms with E-state index in [1.165, 1.54) is 5.01 Å². The van der Waals surface area contributed by atoms with E-state index in [4.69, 9.17) is 16.2 Å². The molecule has 1 aliphatic heterocycles. The van der Waals surface area contributed by atoms with Crippen LogP contribution in [0.25, 0.3) is 0 Å². The van der Waals surface area contributed by atoms with Crippen LogP contribution in [0.3, 0.4) is 0 Å². The Hall–Kier alpha value is -1.30. The molecule has 6 heteroatoms. The van der Waals surface area contributed by atoms with E-state index < -0.39 is 12.0 Å². The number of hydrogen-bond acceptors (Lipinski definition) is 3. The quantitative estimate of drug-likeness (QED) is 0.456. The second kappa shape index (κ2) is 4.97. The third-order valence-corrected chi connectivity index (χ3v) is 2.61. The zero-order valence-electron chi connectivity index (χ0n) is 8.94. The lowest BCUT2D eigenvalue weighted by molar-refractivity contribution is -0.147. The van der Waals surface area contributed by atoms with E-state index in [1.54, 1.807) is 6.92 Å². The summed E-state index contributed by atoms with van der Waals surface area (Å²) in [5, 5.41) is 19.5. The molecule has 0 spiro atoms. The molecule has 0 radical (unpaired) electrons. The van der Waals surface area contributed by atoms with Gasteiger partial charge in [0.25, 0.3) is 0 Å². The summed E-state index contributed by atoms with van der Waals surface area (Å²) < 4.78 is 0. The molecule has 1 aliphatic rings. The molecule has 4 N–H and O–H groups in total. The fraction of sp³-hybridized carbons (Fsp3) is 0.778. The summed E-state index contributed by atoms with van der Waals surface area (Å²) in [6.45, 7) is 3.09. The molecule has 1 heterocycles. The summed E-state index contributed by atoms with van der Waals surface area (Å²) in [5.74, 6) is -1.16. The fourth-order valence-corrected chi connectivity index (χ4v) is 1.80. The maximum Gasteiger partial charge on any atom is 0.327 e. The SMILES string of the molecule is CC(C(=O)O)N(C(=N)N)N1CCCCC1. The van der Waals surface area contributed by atoms with Crippen LogP contribution in [0.2, 0.25) is 0 Å². The Kier molecular flexibility index (Phi) is 3.90. The van der Waals surface area contributed by atoms with E-state index in [-0.39, 0.29) is 5.96 Å². The highest BCUT2D eigenvalue weighted by molar-refractivity contribution is 5.82. The van der Waals surface area contributed by atoms with Crippen molar-refractivity contribution in [3.8, 4) is 0 Å². The first kappa shape index (κ1) is 11.8. The minimum atomic E-state index is -0.962. The Morgan fingerprint density at radius 3 is 2.40 bits per heavy atom. The van der Waals surface area contributed by atoms with Gasteiger partial charge in [-0.2, -0.15) is 0 Å². The van der Waals surface area contributed by atoms with Crippen LogP contribution in [0.1, 0.15) is 26.2 Å². The van der Waals surface area contributed by atoms with Crippen LogP contribution in [0, 0.1) is 5.41 Å². The summed E-state index contributed by atoms with van der Waals surface area (Å²) in [5.41, 5.74) is 5.41. The largest absolute Gasteiger partial charge is 0.480 e. The number of nitrogens with one attached hydrogen (secondary N) is 1. The molecule has 1 saturated heterocycles. The number of aliphatic carboxylic acids is 1. The number of nitrogens with zero attached hydrogens (tertiary/aromatic N) is 2. The molecule has 0 aromatic heterocycles. The number of piperidine rings is 1. The second-order valence-electron chi connectivity index (χ2n) is 3.76. The van der Waals surface area contributed by atoms with Gasteiger partial charge in [-0.25, -0.2) is 9.80 Å². The number of nitrogens with two attached hydrogens (primary N) is 1. The van der Waals surface area contributed by atoms with E-state index in [1.807, 2.05) is 5.01 Å². The lowest BCUT2D eigenvalue weighted by Gasteiger charge is -2.39. The summed E-state index contributed by atoms with van der Waals surface area (Å²) in [7, 11) is 0. The molecular weight excluding hydrogens is 196 g/mol. The third-order valence-electron chi connectivity index (χ3n) is 2.61. The predicted molar refractivity (Wildman–Crippen MR) is 56.3 cm³/mol. The Bertz CT molecular complexity index is 250. The topological polar surface area (TPSA) is 93.6 Å². The first-order valence-electron chi connectivity index (χ1n) is 5.15. The van der Waals surface area contributed by atoms with Gasteiger partial charge in [0.2, 0.25) is 5.96 Å². The molecule has 1 unspecified atom stereocenters. The van der Waals surface area contributed by atoms with E-state index >= 15 is 0 Å². The van der Waals surface area contributed by atoms with Gasteiger partial charge in [0.15, 0.2) is 0 Å². The molecule has 0 aromatic rings. The van der Waals surface area contributed by atoms with Crippen LogP contribution >= 0.6 is 0 Å². The van der Waals surface area contributed by atoms with Crippen LogP contribution in [0.5, 0.6) is 0 Å². The molecule has 86 valence electrons. The van der Waals surface area contributed by atoms with Crippen molar-refractivity contribution in [2.24, 2.45) is 5.73 Å². The van der Waals surface area contributed by atoms with Crippen molar-refractivity contribution in [2.75, 3.05) is 13.1 Å². The first-order valence-corrected chi connectivity index (χ1v) is 5.15. The number of hydrogen-bond donors (Lipinski definition) is 3. The number of guanidine groups is 1. The minimum absolute atomic E-state index is 0.202. The van der Waals surface area contributed by atoms with Gasteiger partial charge >= 0.3 is 5.97 Å². The van der Waals surface area contributed by atoms with Gasteiger partial charge < -0.3 is 10.8 Å². The molecule has 0 aromatic carbocycles. The van der Waals surface area contributed by atoms with Gasteiger partial charge in [-0.05, 0) is 19.8 Å². The molecule has 0 aliphatic carbocycles. The van der Waals surface area contributed by atoms with E-state index in [0.717, 1.165) is 32.4 Å². The average molecular weight is 214 g/mol. The minimum Gasteiger partial charge on any atom is -0.480 e. The average Bonchev–Trinajstić information content (AvgIpc) is 2.18. The zero-order chi connectivity index (χ0) is 11.4. The van der Waals surface area contributed by atoms with Crippen LogP contribution in [-0.4, -0.2) is 46.2 Å². The van der Waals surface area contributed by atoms with Gasteiger partial charge in [-0.3, -0.25) is 10.4 Å². The first-order chi connectivity index (χ1) is 7.04. The number of carbonyl (C=O) groups is 1. The zero-order valence-corrected chi connectivity index (χ0v) is 8.94. The molecule has 6 nitrogen and oxygen atoms in total. The molecular formula is C9H18N4O2. The lowest BCUT2D eigenvalue weighted by atomic mass is 10.1. The summed E-state index contributed by atoms with van der Waals surface area (Å²) in [6, 6.07) is -0.777. The third kappa shape index (κ3) is 2.82. The predicted octanol–water partition coefficient (Wildman–Crippen LogP) is 0.0559. The molecule has 0 saturated carbocycles. The van der Waals surface area contributed by atoms with Crippen molar-refractivity contribution in [3.05, 3.63) is 0 Å². The van der Waals surface area contributed by atoms with Crippen molar-refractivity contribution in [3.63, 3.8) is 0 Å². The van der Waals surface area contributed by atoms with Crippen molar-refractivity contribution in [2.45, 2.75) is 32.2 Å². The lowest BCUT2D eigenvalue weighted by Crippen LogP contribution is -2.57. The monoisotopic (exact) mass is 214 g/mol. The molecule has 1 atom stereocenters. The van der Waals surface area contributed by atoms with E-state index in [9.17, 15) is 4.79 Å². The molecule has 1 fully saturated rings. The van der Waals surface area contributed by atoms with E-state index in [2.05, 4.69) is 0 Å². The van der Waals surface area contributed by atoms with Crippen LogP contribution < -0.4 is 5.73 Å². The van der Waals surface area contributed by atoms with Crippen molar-refractivity contribution in [1.29, 1.82) is 5.41 Å². The van der Waals surface area contributed by atoms with Crippen molar-refractivity contribution < 1.29 is 9.90 Å². The van der Waals surface area contributed by atoms with Crippen LogP contribution in [-0.2, 0) is 4.79 Å². The van der Waals surface area contributed by atoms with Crippen LogP contribution in [0.4, 0.5) is 0 Å². The van der Waals surface area contributed by atoms with Gasteiger partial charge in [0, 0.05) is 13.1 Å². The molecule has 0 bridgehead atoms. The Balaban J connectivity index is 2.71. The Morgan fingerprint density at radius 2 is 2.00 bits per heavy atom. The van der Waals surface area contributed by atoms with Gasteiger partial charge in [-0.15, -0.1) is 0 Å². The molecule has 1 rings (SSSR count). The fourth-order valence-electron chi connectivity index (χ4n) is 1.80. The van der Waals surface area contributed by atoms with Crippen LogP contribution in [0.15, 0.2) is 0 Å². The van der Waals surface area contributed by atoms with Gasteiger partial charge in [0.1, 0.15) is 6.04 Å². The van der Waals surface area contributed by atoms with E-state index in [0.29, 0.717) is 0 Å². The van der Waals surface area contributed by atoms with Crippen molar-refractivity contribution in [1.82, 2.24) is 10.0 Å². The second-order valence-corrected chi connectivity index (χ2v) is 3.76. The Morgan fingerprint density at radius 1 is 1.47 bits per heavy atom. The molecule has 15 heavy (non-hydrogen) atoms. The molecule has 0 amide bonds. The highest BCUT2D eigenvalue weighted by Crippen LogP contribution is 2.13. The normalized spacial score (nSPS) is 19.5. The standard InChI is InChI=1S/C9H18N4O2/c1-7(8(14)15)13(9(10)11)12-5-3-2-4-6-12/h7H,2-6H2,1H3,(H3,10,11)(H,14,15). The Labute approximate surface area is 89.1 Å². The summed E-state index contributed by atoms with van der Waals surface area (Å²) in [6.07, 6.45) is 3.20. The number of carboxylic acids is 1. The number of rotatable bonds is 3. The van der Waals surface area contributed by atoms with Gasteiger partial charge in [-0.1, -0.05) is 6.42 Å². The van der Waals surface area contributed by atoms with Gasteiger partial charge in [0.05, 0.1) is 0 Å². The van der Waals surface area contributed by atoms with Crippen molar-refractivity contribution >= 4 is 11.9 Å². The number of carboxylic acid groups (broad SMARTS) is 1. The maximum absolute atomic E-state index is 10.9. The highest BCUT2D eigenvalue weighted by atomic mass is 16.4. The maximum atomic E-state index is 10.9.